The van der Waals surface area contributed by atoms with E-state index in [9.17, 15) is 4.79 Å². The highest BCUT2D eigenvalue weighted by Crippen LogP contribution is 2.34. The quantitative estimate of drug-likeness (QED) is 0.781. The third kappa shape index (κ3) is 2.04. The predicted molar refractivity (Wildman–Crippen MR) is 73.9 cm³/mol. The summed E-state index contributed by atoms with van der Waals surface area (Å²) in [4.78, 5) is 20.5. The number of hydrogen-bond acceptors (Lipinski definition) is 5. The standard InChI is InChI=1S/C12H16ClN3OS/c1-15-8-2-3-9(15)6-16(5-4-8)12-14-11(13)10(7-17)18-12/h7-9H,2-6H2,1H3. The Morgan fingerprint density at radius 1 is 1.39 bits per heavy atom. The highest BCUT2D eigenvalue weighted by Gasteiger charge is 2.35. The minimum Gasteiger partial charge on any atom is -0.346 e. The second-order valence-electron chi connectivity index (χ2n) is 5.05. The minimum absolute atomic E-state index is 0.341. The van der Waals surface area contributed by atoms with Gasteiger partial charge in [-0.25, -0.2) is 4.98 Å². The zero-order valence-electron chi connectivity index (χ0n) is 10.3. The van der Waals surface area contributed by atoms with Gasteiger partial charge in [0.05, 0.1) is 0 Å². The van der Waals surface area contributed by atoms with Crippen molar-refractivity contribution >= 4 is 34.4 Å². The van der Waals surface area contributed by atoms with E-state index in [1.807, 2.05) is 0 Å². The molecule has 2 fully saturated rings. The molecule has 2 unspecified atom stereocenters. The van der Waals surface area contributed by atoms with Gasteiger partial charge in [-0.3, -0.25) is 9.69 Å². The maximum atomic E-state index is 10.8. The number of halogens is 1. The second-order valence-corrected chi connectivity index (χ2v) is 6.42. The first-order valence-corrected chi connectivity index (χ1v) is 7.47. The van der Waals surface area contributed by atoms with Crippen LogP contribution in [-0.2, 0) is 0 Å². The number of hydrogen-bond donors (Lipinski definition) is 0. The first-order valence-electron chi connectivity index (χ1n) is 6.27. The van der Waals surface area contributed by atoms with E-state index in [1.165, 1.54) is 30.6 Å². The summed E-state index contributed by atoms with van der Waals surface area (Å²) in [5, 5.41) is 1.23. The lowest BCUT2D eigenvalue weighted by atomic mass is 10.1. The van der Waals surface area contributed by atoms with Gasteiger partial charge in [0.1, 0.15) is 4.88 Å². The topological polar surface area (TPSA) is 36.4 Å². The van der Waals surface area contributed by atoms with Gasteiger partial charge < -0.3 is 4.90 Å². The van der Waals surface area contributed by atoms with Crippen LogP contribution in [0, 0.1) is 0 Å². The Morgan fingerprint density at radius 3 is 2.89 bits per heavy atom. The van der Waals surface area contributed by atoms with Gasteiger partial charge >= 0.3 is 0 Å². The van der Waals surface area contributed by atoms with Gasteiger partial charge in [0.25, 0.3) is 0 Å². The Bertz CT molecular complexity index is 464. The Labute approximate surface area is 116 Å². The average Bonchev–Trinajstić information content (AvgIpc) is 2.81. The van der Waals surface area contributed by atoms with Gasteiger partial charge in [-0.05, 0) is 26.3 Å². The Hall–Kier alpha value is -0.650. The largest absolute Gasteiger partial charge is 0.346 e. The maximum Gasteiger partial charge on any atom is 0.187 e. The summed E-state index contributed by atoms with van der Waals surface area (Å²) in [6.45, 7) is 2.00. The highest BCUT2D eigenvalue weighted by molar-refractivity contribution is 7.17. The normalized spacial score (nSPS) is 28.4. The molecular weight excluding hydrogens is 270 g/mol. The molecule has 2 aliphatic rings. The molecule has 0 aliphatic carbocycles. The van der Waals surface area contributed by atoms with Gasteiger partial charge in [-0.15, -0.1) is 0 Å². The summed E-state index contributed by atoms with van der Waals surface area (Å²) in [5.74, 6) is 0. The van der Waals surface area contributed by atoms with Gasteiger partial charge in [-0.1, -0.05) is 22.9 Å². The monoisotopic (exact) mass is 285 g/mol. The molecule has 1 aromatic heterocycles. The van der Waals surface area contributed by atoms with Crippen LogP contribution in [0.25, 0.3) is 0 Å². The molecule has 0 saturated carbocycles. The molecule has 2 bridgehead atoms. The second kappa shape index (κ2) is 4.79. The molecule has 0 N–H and O–H groups in total. The molecule has 0 spiro atoms. The number of fused-ring (bicyclic) bond motifs is 2. The van der Waals surface area contributed by atoms with Gasteiger partial charge in [0.2, 0.25) is 0 Å². The SMILES string of the molecule is CN1C2CCC1CN(c1nc(Cl)c(C=O)s1)CC2. The average molecular weight is 286 g/mol. The maximum absolute atomic E-state index is 10.8. The van der Waals surface area contributed by atoms with Crippen LogP contribution in [0.2, 0.25) is 5.15 Å². The number of thiazole rings is 1. The molecule has 0 amide bonds. The number of aromatic nitrogens is 1. The fourth-order valence-electron chi connectivity index (χ4n) is 2.99. The van der Waals surface area contributed by atoms with Gasteiger partial charge in [0, 0.05) is 25.2 Å². The Kier molecular flexibility index (Phi) is 3.30. The molecule has 3 rings (SSSR count). The van der Waals surface area contributed by atoms with Crippen LogP contribution < -0.4 is 4.90 Å². The Balaban J connectivity index is 1.82. The highest BCUT2D eigenvalue weighted by atomic mass is 35.5. The fraction of sp³-hybridized carbons (Fsp3) is 0.667. The van der Waals surface area contributed by atoms with Crippen LogP contribution in [-0.4, -0.2) is 48.4 Å². The summed E-state index contributed by atoms with van der Waals surface area (Å²) in [6.07, 6.45) is 4.53. The van der Waals surface area contributed by atoms with Crippen molar-refractivity contribution in [3.05, 3.63) is 10.0 Å². The molecule has 3 heterocycles. The molecule has 0 aromatic carbocycles. The van der Waals surface area contributed by atoms with Gasteiger partial charge in [0.15, 0.2) is 16.6 Å². The van der Waals surface area contributed by atoms with Crippen molar-refractivity contribution in [1.29, 1.82) is 0 Å². The van der Waals surface area contributed by atoms with Crippen LogP contribution >= 0.6 is 22.9 Å². The number of nitrogens with zero attached hydrogens (tertiary/aromatic N) is 3. The van der Waals surface area contributed by atoms with Crippen molar-refractivity contribution in [3.8, 4) is 0 Å². The number of carbonyl (C=O) groups is 1. The number of carbonyl (C=O) groups excluding carboxylic acids is 1. The van der Waals surface area contributed by atoms with Gasteiger partial charge in [-0.2, -0.15) is 0 Å². The lowest BCUT2D eigenvalue weighted by Crippen LogP contribution is -2.36. The minimum atomic E-state index is 0.341. The smallest absolute Gasteiger partial charge is 0.187 e. The van der Waals surface area contributed by atoms with E-state index < -0.39 is 0 Å². The van der Waals surface area contributed by atoms with Crippen LogP contribution in [0.15, 0.2) is 0 Å². The van der Waals surface area contributed by atoms with Crippen molar-refractivity contribution < 1.29 is 4.79 Å². The molecule has 4 nitrogen and oxygen atoms in total. The van der Waals surface area contributed by atoms with Crippen LogP contribution in [0.1, 0.15) is 28.9 Å². The molecule has 1 aromatic rings. The number of aldehydes is 1. The number of rotatable bonds is 2. The molecule has 98 valence electrons. The number of likely N-dealkylation sites (N-methyl/N-ethyl adjacent to an activating group) is 1. The van der Waals surface area contributed by atoms with Crippen molar-refractivity contribution in [3.63, 3.8) is 0 Å². The van der Waals surface area contributed by atoms with E-state index in [0.29, 0.717) is 22.1 Å². The molecule has 2 saturated heterocycles. The first kappa shape index (κ1) is 12.4. The van der Waals surface area contributed by atoms with Crippen LogP contribution in [0.5, 0.6) is 0 Å². The fourth-order valence-corrected chi connectivity index (χ4v) is 4.09. The van der Waals surface area contributed by atoms with E-state index in [4.69, 9.17) is 11.6 Å². The van der Waals surface area contributed by atoms with E-state index >= 15 is 0 Å². The third-order valence-corrected chi connectivity index (χ3v) is 5.57. The van der Waals surface area contributed by atoms with Crippen molar-refractivity contribution in [2.75, 3.05) is 25.0 Å². The molecule has 18 heavy (non-hydrogen) atoms. The lowest BCUT2D eigenvalue weighted by Gasteiger charge is -2.25. The molecular formula is C12H16ClN3OS. The number of anilines is 1. The summed E-state index contributed by atoms with van der Waals surface area (Å²) in [5.41, 5.74) is 0. The van der Waals surface area contributed by atoms with E-state index in [2.05, 4.69) is 21.8 Å². The summed E-state index contributed by atoms with van der Waals surface area (Å²) in [6, 6.07) is 1.32. The molecule has 2 atom stereocenters. The Morgan fingerprint density at radius 2 is 2.17 bits per heavy atom. The third-order valence-electron chi connectivity index (χ3n) is 4.12. The zero-order chi connectivity index (χ0) is 12.7. The molecule has 6 heteroatoms. The van der Waals surface area contributed by atoms with Crippen LogP contribution in [0.4, 0.5) is 5.13 Å². The van der Waals surface area contributed by atoms with E-state index in [-0.39, 0.29) is 0 Å². The van der Waals surface area contributed by atoms with E-state index in [0.717, 1.165) is 24.5 Å². The summed E-state index contributed by atoms with van der Waals surface area (Å²) < 4.78 is 0. The summed E-state index contributed by atoms with van der Waals surface area (Å²) in [7, 11) is 2.22. The molecule has 2 aliphatic heterocycles. The van der Waals surface area contributed by atoms with Crippen molar-refractivity contribution in [2.24, 2.45) is 0 Å². The van der Waals surface area contributed by atoms with Crippen molar-refractivity contribution in [1.82, 2.24) is 9.88 Å². The zero-order valence-corrected chi connectivity index (χ0v) is 11.9. The summed E-state index contributed by atoms with van der Waals surface area (Å²) >= 11 is 7.34. The van der Waals surface area contributed by atoms with E-state index in [1.54, 1.807) is 0 Å². The predicted octanol–water partition coefficient (Wildman–Crippen LogP) is 2.28. The van der Waals surface area contributed by atoms with Crippen LogP contribution in [0.3, 0.4) is 0 Å². The lowest BCUT2D eigenvalue weighted by molar-refractivity contribution is 0.112. The van der Waals surface area contributed by atoms with Crippen molar-refractivity contribution in [2.45, 2.75) is 31.3 Å². The first-order chi connectivity index (χ1) is 8.69. The molecule has 0 radical (unpaired) electrons.